The summed E-state index contributed by atoms with van der Waals surface area (Å²) in [7, 11) is -2.63. The van der Waals surface area contributed by atoms with Gasteiger partial charge in [-0.3, -0.25) is 8.96 Å². The van der Waals surface area contributed by atoms with Crippen molar-refractivity contribution in [3.63, 3.8) is 0 Å². The van der Waals surface area contributed by atoms with Gasteiger partial charge in [-0.25, -0.2) is 0 Å². The maximum Gasteiger partial charge on any atom is 0.314 e. The number of hydrogen-bond acceptors (Lipinski definition) is 1. The summed E-state index contributed by atoms with van der Waals surface area (Å²) >= 11 is 0. The van der Waals surface area contributed by atoms with Gasteiger partial charge in [0.25, 0.3) is 0 Å². The predicted molar refractivity (Wildman–Crippen MR) is 20.5 cm³/mol. The third kappa shape index (κ3) is 6050. The van der Waals surface area contributed by atoms with E-state index in [1.165, 1.54) is 0 Å². The van der Waals surface area contributed by atoms with E-state index >= 15 is 0 Å². The van der Waals surface area contributed by atoms with Crippen LogP contribution in [0.3, 0.4) is 0 Å². The lowest BCUT2D eigenvalue weighted by Gasteiger charge is -1.61. The molecule has 0 unspecified atom stereocenters. The highest BCUT2D eigenvalue weighted by Crippen LogP contribution is 1.98. The first-order valence-electron chi connectivity index (χ1n) is 1.03. The molecule has 0 atom stereocenters. The van der Waals surface area contributed by atoms with Crippen LogP contribution in [-0.2, 0) is 4.57 Å². The highest BCUT2D eigenvalue weighted by Gasteiger charge is 1.61. The van der Waals surface area contributed by atoms with Crippen LogP contribution < -0.4 is 0 Å². The van der Waals surface area contributed by atoms with Crippen LogP contribution in [-0.4, -0.2) is 17.0 Å². The zero-order valence-electron chi connectivity index (χ0n) is 3.18. The second kappa shape index (κ2) is 8.91. The van der Waals surface area contributed by atoms with Crippen LogP contribution in [0, 0.1) is 0 Å². The molecule has 0 fully saturated rings. The number of hydrogen-bond donors (Lipinski definition) is 2. The molecule has 0 amide bonds. The number of halogens is 1. The molecule has 0 aliphatic heterocycles. The Morgan fingerprint density at radius 3 is 1.50 bits per heavy atom. The maximum absolute atomic E-state index is 9.50. The van der Waals surface area contributed by atoms with Crippen molar-refractivity contribution < 1.29 is 18.7 Å². The van der Waals surface area contributed by atoms with E-state index < -0.39 is 8.25 Å². The van der Waals surface area contributed by atoms with Gasteiger partial charge in [0.1, 0.15) is 0 Å². The molecule has 0 aliphatic carbocycles. The van der Waals surface area contributed by atoms with Crippen molar-refractivity contribution in [1.29, 1.82) is 0 Å². The Balaban J connectivity index is 0. The summed E-state index contributed by atoms with van der Waals surface area (Å²) in [6.07, 6.45) is 0. The third-order valence-corrected chi connectivity index (χ3v) is 0. The van der Waals surface area contributed by atoms with Gasteiger partial charge in [0.15, 0.2) is 0 Å². The van der Waals surface area contributed by atoms with E-state index in [-0.39, 0.29) is 0 Å². The average molecular weight is 116 g/mol. The SMILES string of the molecule is CF.O=[PH](O)O. The van der Waals surface area contributed by atoms with E-state index in [0.717, 1.165) is 0 Å². The second-order valence-electron chi connectivity index (χ2n) is 0.283. The lowest BCUT2D eigenvalue weighted by atomic mass is 11.9. The van der Waals surface area contributed by atoms with Gasteiger partial charge in [0.2, 0.25) is 0 Å². The van der Waals surface area contributed by atoms with E-state index in [0.29, 0.717) is 7.18 Å². The van der Waals surface area contributed by atoms with Gasteiger partial charge in [0, 0.05) is 0 Å². The Kier molecular flexibility index (Phi) is 14.0. The highest BCUT2D eigenvalue weighted by molar-refractivity contribution is 7.30. The standard InChI is InChI=1S/CH3F.H3O3P/c1-2;1-4(2)3/h1H3;4H,(H2,1,2,3). The van der Waals surface area contributed by atoms with Crippen molar-refractivity contribution in [3.8, 4) is 0 Å². The van der Waals surface area contributed by atoms with Crippen LogP contribution in [0.2, 0.25) is 0 Å². The fraction of sp³-hybridized carbons (Fsp3) is 1.00. The van der Waals surface area contributed by atoms with Gasteiger partial charge in [-0.2, -0.15) is 0 Å². The zero-order valence-corrected chi connectivity index (χ0v) is 4.18. The number of rotatable bonds is 0. The van der Waals surface area contributed by atoms with Crippen LogP contribution in [0.5, 0.6) is 0 Å². The van der Waals surface area contributed by atoms with Crippen molar-refractivity contribution in [1.82, 2.24) is 0 Å². The molecule has 0 aromatic rings. The van der Waals surface area contributed by atoms with Crippen molar-refractivity contribution >= 4 is 8.25 Å². The predicted octanol–water partition coefficient (Wildman–Crippen LogP) is -0.0536. The van der Waals surface area contributed by atoms with Crippen molar-refractivity contribution in [2.24, 2.45) is 0 Å². The normalized spacial score (nSPS) is 6.83. The molecular formula is CH6FO3P. The quantitative estimate of drug-likeness (QED) is 0.436. The van der Waals surface area contributed by atoms with Gasteiger partial charge in [-0.1, -0.05) is 0 Å². The molecule has 0 saturated heterocycles. The molecule has 0 aromatic carbocycles. The van der Waals surface area contributed by atoms with Crippen LogP contribution in [0.15, 0.2) is 0 Å². The molecular weight excluding hydrogens is 110 g/mol. The van der Waals surface area contributed by atoms with Crippen molar-refractivity contribution in [2.45, 2.75) is 0 Å². The summed E-state index contributed by atoms with van der Waals surface area (Å²) in [4.78, 5) is 14.3. The van der Waals surface area contributed by atoms with Crippen molar-refractivity contribution in [3.05, 3.63) is 0 Å². The summed E-state index contributed by atoms with van der Waals surface area (Å²) in [6.45, 7) is 0. The van der Waals surface area contributed by atoms with E-state index in [1.807, 2.05) is 0 Å². The van der Waals surface area contributed by atoms with Crippen LogP contribution in [0.25, 0.3) is 0 Å². The zero-order chi connectivity index (χ0) is 5.58. The third-order valence-electron chi connectivity index (χ3n) is 0. The van der Waals surface area contributed by atoms with Crippen molar-refractivity contribution in [2.75, 3.05) is 7.18 Å². The molecule has 0 rings (SSSR count). The largest absolute Gasteiger partial charge is 0.326 e. The average Bonchev–Trinajstić information content (AvgIpc) is 1.41. The summed E-state index contributed by atoms with van der Waals surface area (Å²) in [5, 5.41) is 0. The molecule has 0 heterocycles. The first kappa shape index (κ1) is 9.43. The molecule has 2 N–H and O–H groups in total. The fourth-order valence-electron chi connectivity index (χ4n) is 0. The van der Waals surface area contributed by atoms with Gasteiger partial charge < -0.3 is 9.79 Å². The highest BCUT2D eigenvalue weighted by atomic mass is 31.1. The lowest BCUT2D eigenvalue weighted by Crippen LogP contribution is -1.38. The Morgan fingerprint density at radius 1 is 1.50 bits per heavy atom. The molecule has 0 radical (unpaired) electrons. The van der Waals surface area contributed by atoms with E-state index in [1.54, 1.807) is 0 Å². The van der Waals surface area contributed by atoms with Gasteiger partial charge in [-0.05, 0) is 0 Å². The Hall–Kier alpha value is 0.0800. The molecule has 3 nitrogen and oxygen atoms in total. The number of alkyl halides is 1. The van der Waals surface area contributed by atoms with Crippen LogP contribution in [0.1, 0.15) is 0 Å². The Bertz CT molecular complexity index is 33.8. The molecule has 0 bridgehead atoms. The first-order valence-corrected chi connectivity index (χ1v) is 2.33. The minimum Gasteiger partial charge on any atom is -0.326 e. The topological polar surface area (TPSA) is 57.5 Å². The summed E-state index contributed by atoms with van der Waals surface area (Å²) in [5.41, 5.74) is 0. The smallest absolute Gasteiger partial charge is 0.314 e. The maximum atomic E-state index is 9.50. The Labute approximate surface area is 35.4 Å². The molecule has 6 heavy (non-hydrogen) atoms. The molecule has 0 saturated carbocycles. The second-order valence-corrected chi connectivity index (χ2v) is 0.848. The molecule has 0 aliphatic rings. The molecule has 0 spiro atoms. The van der Waals surface area contributed by atoms with E-state index in [9.17, 15) is 4.39 Å². The molecule has 0 aromatic heterocycles. The summed E-state index contributed by atoms with van der Waals surface area (Å²) in [5.74, 6) is 0. The molecule has 5 heteroatoms. The fourth-order valence-corrected chi connectivity index (χ4v) is 0. The van der Waals surface area contributed by atoms with E-state index in [4.69, 9.17) is 14.4 Å². The minimum atomic E-state index is -3.13. The Morgan fingerprint density at radius 2 is 1.50 bits per heavy atom. The lowest BCUT2D eigenvalue weighted by molar-refractivity contribution is 0.405. The van der Waals surface area contributed by atoms with Crippen LogP contribution in [0.4, 0.5) is 4.39 Å². The molecule has 40 valence electrons. The van der Waals surface area contributed by atoms with Gasteiger partial charge in [-0.15, -0.1) is 0 Å². The van der Waals surface area contributed by atoms with E-state index in [2.05, 4.69) is 0 Å². The van der Waals surface area contributed by atoms with Gasteiger partial charge >= 0.3 is 8.25 Å². The minimum absolute atomic E-state index is 0.500. The summed E-state index contributed by atoms with van der Waals surface area (Å²) < 4.78 is 18.2. The first-order chi connectivity index (χ1) is 2.73. The van der Waals surface area contributed by atoms with Gasteiger partial charge in [0.05, 0.1) is 7.18 Å². The summed E-state index contributed by atoms with van der Waals surface area (Å²) in [6, 6.07) is 0. The monoisotopic (exact) mass is 116 g/mol. The van der Waals surface area contributed by atoms with Crippen LogP contribution >= 0.6 is 8.25 Å².